The summed E-state index contributed by atoms with van der Waals surface area (Å²) in [7, 11) is 0. The lowest BCUT2D eigenvalue weighted by Gasteiger charge is -2.27. The molecule has 0 N–H and O–H groups in total. The summed E-state index contributed by atoms with van der Waals surface area (Å²) in [6, 6.07) is 0. The highest BCUT2D eigenvalue weighted by molar-refractivity contribution is 5.83. The van der Waals surface area contributed by atoms with Crippen LogP contribution in [0.5, 0.6) is 0 Å². The molecule has 98 valence electrons. The molecule has 1 aliphatic carbocycles. The van der Waals surface area contributed by atoms with Gasteiger partial charge in [0.2, 0.25) is 0 Å². The number of Topliss-reactive ketones (excluding diaryl/α,β-unsaturated/α-hetero) is 1. The molecule has 0 aromatic carbocycles. The minimum absolute atomic E-state index is 0.392. The molecule has 2 rings (SSSR count). The molecule has 0 aromatic heterocycles. The normalized spacial score (nSPS) is 27.8. The summed E-state index contributed by atoms with van der Waals surface area (Å²) in [6.45, 7) is 9.93. The topological polar surface area (TPSA) is 20.3 Å². The number of hydrogen-bond acceptors (Lipinski definition) is 2. The molecule has 1 saturated heterocycles. The average Bonchev–Trinajstić information content (AvgIpc) is 2.85. The molecule has 0 bridgehead atoms. The molecule has 2 heteroatoms. The van der Waals surface area contributed by atoms with Gasteiger partial charge in [-0.2, -0.15) is 0 Å². The van der Waals surface area contributed by atoms with Gasteiger partial charge in [-0.15, -0.1) is 0 Å². The van der Waals surface area contributed by atoms with Gasteiger partial charge >= 0.3 is 0 Å². The van der Waals surface area contributed by atoms with E-state index in [4.69, 9.17) is 0 Å². The van der Waals surface area contributed by atoms with E-state index in [2.05, 4.69) is 25.7 Å². The van der Waals surface area contributed by atoms with Crippen LogP contribution in [0.4, 0.5) is 0 Å². The van der Waals surface area contributed by atoms with Gasteiger partial charge in [0.1, 0.15) is 5.78 Å². The van der Waals surface area contributed by atoms with Crippen molar-refractivity contribution >= 4 is 5.78 Å². The average molecular weight is 237 g/mol. The van der Waals surface area contributed by atoms with Crippen molar-refractivity contribution in [3.63, 3.8) is 0 Å². The third-order valence-corrected chi connectivity index (χ3v) is 4.69. The second-order valence-electron chi connectivity index (χ2n) is 7.03. The predicted octanol–water partition coefficient (Wildman–Crippen LogP) is 3.11. The van der Waals surface area contributed by atoms with E-state index in [1.165, 1.54) is 19.3 Å². The second-order valence-corrected chi connectivity index (χ2v) is 7.03. The van der Waals surface area contributed by atoms with Crippen LogP contribution < -0.4 is 0 Å². The molecule has 1 aliphatic heterocycles. The number of carbonyl (C=O) groups excluding carboxylic acids is 1. The van der Waals surface area contributed by atoms with Gasteiger partial charge in [-0.1, -0.05) is 33.6 Å². The standard InChI is InChI=1S/C15H27NO/c1-15(2,3)13-8-9-16(10-13)11-14(17)12-6-4-5-7-12/h12-13H,4-11H2,1-3H3. The number of rotatable bonds is 3. The van der Waals surface area contributed by atoms with Gasteiger partial charge in [-0.05, 0) is 37.1 Å². The van der Waals surface area contributed by atoms with Gasteiger partial charge in [0.25, 0.3) is 0 Å². The van der Waals surface area contributed by atoms with E-state index in [-0.39, 0.29) is 0 Å². The van der Waals surface area contributed by atoms with Gasteiger partial charge < -0.3 is 0 Å². The van der Waals surface area contributed by atoms with Crippen molar-refractivity contribution < 1.29 is 4.79 Å². The third kappa shape index (κ3) is 3.31. The lowest BCUT2D eigenvalue weighted by Crippen LogP contribution is -2.32. The molecule has 17 heavy (non-hydrogen) atoms. The summed E-state index contributed by atoms with van der Waals surface area (Å²) in [5, 5.41) is 0. The number of likely N-dealkylation sites (tertiary alicyclic amines) is 1. The van der Waals surface area contributed by atoms with Crippen molar-refractivity contribution in [3.05, 3.63) is 0 Å². The Bertz CT molecular complexity index is 273. The van der Waals surface area contributed by atoms with Crippen LogP contribution in [0.25, 0.3) is 0 Å². The highest BCUT2D eigenvalue weighted by atomic mass is 16.1. The van der Waals surface area contributed by atoms with E-state index in [0.29, 0.717) is 17.1 Å². The van der Waals surface area contributed by atoms with Crippen molar-refractivity contribution in [2.75, 3.05) is 19.6 Å². The largest absolute Gasteiger partial charge is 0.298 e. The van der Waals surface area contributed by atoms with Gasteiger partial charge in [0, 0.05) is 12.5 Å². The molecular formula is C15H27NO. The van der Waals surface area contributed by atoms with E-state index >= 15 is 0 Å². The first-order valence-corrected chi connectivity index (χ1v) is 7.22. The summed E-state index contributed by atoms with van der Waals surface area (Å²) in [5.41, 5.74) is 0.394. The monoisotopic (exact) mass is 237 g/mol. The zero-order chi connectivity index (χ0) is 12.5. The van der Waals surface area contributed by atoms with Crippen LogP contribution in [0.1, 0.15) is 52.9 Å². The molecule has 2 nitrogen and oxygen atoms in total. The highest BCUT2D eigenvalue weighted by Gasteiger charge is 2.33. The maximum Gasteiger partial charge on any atom is 0.149 e. The van der Waals surface area contributed by atoms with Crippen molar-refractivity contribution in [2.45, 2.75) is 52.9 Å². The molecule has 0 radical (unpaired) electrons. The van der Waals surface area contributed by atoms with Crippen LogP contribution in [0.15, 0.2) is 0 Å². The maximum absolute atomic E-state index is 12.1. The Balaban J connectivity index is 1.79. The zero-order valence-corrected chi connectivity index (χ0v) is 11.7. The lowest BCUT2D eigenvalue weighted by molar-refractivity contribution is -0.123. The van der Waals surface area contributed by atoms with Crippen LogP contribution in [0.3, 0.4) is 0 Å². The molecule has 2 aliphatic rings. The number of hydrogen-bond donors (Lipinski definition) is 0. The Morgan fingerprint density at radius 3 is 2.35 bits per heavy atom. The molecule has 0 aromatic rings. The molecule has 1 heterocycles. The molecule has 1 saturated carbocycles. The minimum Gasteiger partial charge on any atom is -0.298 e. The van der Waals surface area contributed by atoms with Crippen LogP contribution >= 0.6 is 0 Å². The van der Waals surface area contributed by atoms with Crippen LogP contribution in [0.2, 0.25) is 0 Å². The van der Waals surface area contributed by atoms with Gasteiger partial charge in [0.05, 0.1) is 6.54 Å². The number of nitrogens with zero attached hydrogens (tertiary/aromatic N) is 1. The van der Waals surface area contributed by atoms with Crippen molar-refractivity contribution in [1.82, 2.24) is 4.90 Å². The van der Waals surface area contributed by atoms with Crippen LogP contribution in [0, 0.1) is 17.3 Å². The fourth-order valence-corrected chi connectivity index (χ4v) is 3.28. The molecular weight excluding hydrogens is 210 g/mol. The quantitative estimate of drug-likeness (QED) is 0.751. The summed E-state index contributed by atoms with van der Waals surface area (Å²) < 4.78 is 0. The first kappa shape index (κ1) is 13.1. The SMILES string of the molecule is CC(C)(C)C1CCN(CC(=O)C2CCCC2)C1. The number of carbonyl (C=O) groups is 1. The second kappa shape index (κ2) is 5.09. The summed E-state index contributed by atoms with van der Waals surface area (Å²) in [6.07, 6.45) is 6.09. The molecule has 1 unspecified atom stereocenters. The molecule has 2 fully saturated rings. The molecule has 0 amide bonds. The van der Waals surface area contributed by atoms with E-state index in [1.54, 1.807) is 0 Å². The van der Waals surface area contributed by atoms with E-state index in [0.717, 1.165) is 38.4 Å². The Labute approximate surface area is 106 Å². The highest BCUT2D eigenvalue weighted by Crippen LogP contribution is 2.34. The van der Waals surface area contributed by atoms with Crippen molar-refractivity contribution in [2.24, 2.45) is 17.3 Å². The van der Waals surface area contributed by atoms with E-state index in [9.17, 15) is 4.79 Å². The first-order valence-electron chi connectivity index (χ1n) is 7.22. The van der Waals surface area contributed by atoms with Crippen molar-refractivity contribution in [1.29, 1.82) is 0 Å². The fraction of sp³-hybridized carbons (Fsp3) is 0.933. The fourth-order valence-electron chi connectivity index (χ4n) is 3.28. The van der Waals surface area contributed by atoms with E-state index < -0.39 is 0 Å². The zero-order valence-electron chi connectivity index (χ0n) is 11.7. The van der Waals surface area contributed by atoms with Gasteiger partial charge in [-0.3, -0.25) is 9.69 Å². The predicted molar refractivity (Wildman–Crippen MR) is 71.0 cm³/mol. The van der Waals surface area contributed by atoms with Crippen LogP contribution in [-0.2, 0) is 4.79 Å². The minimum atomic E-state index is 0.392. The maximum atomic E-state index is 12.1. The Hall–Kier alpha value is -0.370. The molecule has 0 spiro atoms. The smallest absolute Gasteiger partial charge is 0.149 e. The Kier molecular flexibility index (Phi) is 3.92. The van der Waals surface area contributed by atoms with Gasteiger partial charge in [0.15, 0.2) is 0 Å². The summed E-state index contributed by atoms with van der Waals surface area (Å²) in [4.78, 5) is 14.5. The molecule has 1 atom stereocenters. The summed E-state index contributed by atoms with van der Waals surface area (Å²) in [5.74, 6) is 1.67. The Morgan fingerprint density at radius 1 is 1.18 bits per heavy atom. The van der Waals surface area contributed by atoms with Crippen LogP contribution in [-0.4, -0.2) is 30.3 Å². The van der Waals surface area contributed by atoms with Gasteiger partial charge in [-0.25, -0.2) is 0 Å². The van der Waals surface area contributed by atoms with E-state index in [1.807, 2.05) is 0 Å². The number of ketones is 1. The lowest BCUT2D eigenvalue weighted by atomic mass is 9.80. The van der Waals surface area contributed by atoms with Crippen molar-refractivity contribution in [3.8, 4) is 0 Å². The third-order valence-electron chi connectivity index (χ3n) is 4.69. The summed E-state index contributed by atoms with van der Waals surface area (Å²) >= 11 is 0. The first-order chi connectivity index (χ1) is 7.97. The Morgan fingerprint density at radius 2 is 1.82 bits per heavy atom.